The van der Waals surface area contributed by atoms with Gasteiger partial charge in [-0.1, -0.05) is 24.3 Å². The van der Waals surface area contributed by atoms with E-state index in [0.717, 1.165) is 11.1 Å². The number of hydroxylamine groups is 1. The quantitative estimate of drug-likeness (QED) is 0.439. The molecule has 0 saturated carbocycles. The minimum absolute atomic E-state index is 0.309. The summed E-state index contributed by atoms with van der Waals surface area (Å²) in [5.74, 6) is 0.122. The van der Waals surface area contributed by atoms with Gasteiger partial charge in [0.1, 0.15) is 11.5 Å². The maximum atomic E-state index is 12.7. The Morgan fingerprint density at radius 2 is 1.59 bits per heavy atom. The van der Waals surface area contributed by atoms with Crippen LogP contribution in [0.3, 0.4) is 0 Å². The number of carbonyl (C=O) groups excluding carboxylic acids is 2. The largest absolute Gasteiger partial charge is 0.497 e. The van der Waals surface area contributed by atoms with Gasteiger partial charge in [0.2, 0.25) is 0 Å². The number of amides is 2. The van der Waals surface area contributed by atoms with Crippen LogP contribution in [-0.2, 0) is 0 Å². The molecule has 7 nitrogen and oxygen atoms in total. The first-order valence-electron chi connectivity index (χ1n) is 8.74. The molecule has 0 heterocycles. The third kappa shape index (κ3) is 4.53. The van der Waals surface area contributed by atoms with Crippen LogP contribution in [0.15, 0.2) is 66.7 Å². The summed E-state index contributed by atoms with van der Waals surface area (Å²) in [6, 6.07) is 19.0. The van der Waals surface area contributed by atoms with E-state index in [2.05, 4.69) is 5.32 Å². The molecule has 2 amide bonds. The van der Waals surface area contributed by atoms with E-state index in [-0.39, 0.29) is 5.91 Å². The van der Waals surface area contributed by atoms with Crippen molar-refractivity contribution in [3.63, 3.8) is 0 Å². The summed E-state index contributed by atoms with van der Waals surface area (Å²) in [4.78, 5) is 24.1. The number of hydrogen-bond acceptors (Lipinski definition) is 5. The first-order valence-corrected chi connectivity index (χ1v) is 8.74. The summed E-state index contributed by atoms with van der Waals surface area (Å²) in [6.45, 7) is 0. The zero-order valence-corrected chi connectivity index (χ0v) is 15.9. The predicted octanol–water partition coefficient (Wildman–Crippen LogP) is 3.74. The Kier molecular flexibility index (Phi) is 6.11. The lowest BCUT2D eigenvalue weighted by atomic mass is 10.0. The normalized spacial score (nSPS) is 10.2. The van der Waals surface area contributed by atoms with Crippen molar-refractivity contribution in [2.75, 3.05) is 19.5 Å². The van der Waals surface area contributed by atoms with Crippen molar-refractivity contribution in [2.45, 2.75) is 0 Å². The average molecular weight is 392 g/mol. The van der Waals surface area contributed by atoms with Crippen molar-refractivity contribution in [1.29, 1.82) is 0 Å². The van der Waals surface area contributed by atoms with Gasteiger partial charge in [-0.15, -0.1) is 0 Å². The van der Waals surface area contributed by atoms with Crippen LogP contribution in [0.1, 0.15) is 20.7 Å². The second kappa shape index (κ2) is 8.90. The summed E-state index contributed by atoms with van der Waals surface area (Å²) in [5.41, 5.74) is 4.66. The number of nitrogens with one attached hydrogen (secondary N) is 2. The molecule has 0 aliphatic carbocycles. The van der Waals surface area contributed by atoms with Crippen LogP contribution in [0.25, 0.3) is 11.1 Å². The first-order chi connectivity index (χ1) is 14.0. The lowest BCUT2D eigenvalue weighted by Gasteiger charge is -2.12. The minimum Gasteiger partial charge on any atom is -0.497 e. The van der Waals surface area contributed by atoms with Crippen LogP contribution < -0.4 is 20.3 Å². The van der Waals surface area contributed by atoms with Crippen LogP contribution in [0.5, 0.6) is 11.5 Å². The van der Waals surface area contributed by atoms with Crippen LogP contribution in [-0.4, -0.2) is 31.2 Å². The van der Waals surface area contributed by atoms with Gasteiger partial charge in [-0.3, -0.25) is 14.8 Å². The SMILES string of the molecule is COc1ccc(C(=O)Nc2cccc(-c3ccc(C(=O)NO)cc3)c2)c(OC)c1. The Morgan fingerprint density at radius 1 is 0.828 bits per heavy atom. The van der Waals surface area contributed by atoms with Crippen molar-refractivity contribution in [2.24, 2.45) is 0 Å². The van der Waals surface area contributed by atoms with Crippen molar-refractivity contribution in [1.82, 2.24) is 5.48 Å². The molecule has 0 spiro atoms. The molecule has 0 radical (unpaired) electrons. The van der Waals surface area contributed by atoms with Crippen molar-refractivity contribution in [3.8, 4) is 22.6 Å². The molecule has 3 aromatic rings. The Bertz CT molecular complexity index is 1030. The lowest BCUT2D eigenvalue weighted by molar-refractivity contribution is 0.0706. The highest BCUT2D eigenvalue weighted by Crippen LogP contribution is 2.27. The number of methoxy groups -OCH3 is 2. The van der Waals surface area contributed by atoms with Crippen molar-refractivity contribution < 1.29 is 24.3 Å². The smallest absolute Gasteiger partial charge is 0.274 e. The van der Waals surface area contributed by atoms with E-state index < -0.39 is 5.91 Å². The van der Waals surface area contributed by atoms with E-state index in [9.17, 15) is 9.59 Å². The molecule has 0 fully saturated rings. The van der Waals surface area contributed by atoms with Gasteiger partial charge in [0.05, 0.1) is 19.8 Å². The standard InChI is InChI=1S/C22H20N2O5/c1-28-18-10-11-19(20(13-18)29-2)22(26)23-17-5-3-4-16(12-17)14-6-8-15(9-7-14)21(25)24-27/h3-13,27H,1-2H3,(H,23,26)(H,24,25). The fraction of sp³-hybridized carbons (Fsp3) is 0.0909. The van der Waals surface area contributed by atoms with Gasteiger partial charge in [-0.2, -0.15) is 0 Å². The second-order valence-electron chi connectivity index (χ2n) is 6.12. The highest BCUT2D eigenvalue weighted by Gasteiger charge is 2.14. The lowest BCUT2D eigenvalue weighted by Crippen LogP contribution is -2.18. The number of carbonyl (C=O) groups is 2. The molecule has 3 N–H and O–H groups in total. The van der Waals surface area contributed by atoms with Gasteiger partial charge in [-0.25, -0.2) is 5.48 Å². The predicted molar refractivity (Wildman–Crippen MR) is 109 cm³/mol. The highest BCUT2D eigenvalue weighted by atomic mass is 16.5. The summed E-state index contributed by atoms with van der Waals surface area (Å²) >= 11 is 0. The topological polar surface area (TPSA) is 96.9 Å². The monoisotopic (exact) mass is 392 g/mol. The fourth-order valence-corrected chi connectivity index (χ4v) is 2.84. The molecule has 29 heavy (non-hydrogen) atoms. The molecule has 3 rings (SSSR count). The number of hydrogen-bond donors (Lipinski definition) is 3. The molecule has 3 aromatic carbocycles. The van der Waals surface area contributed by atoms with E-state index in [4.69, 9.17) is 14.7 Å². The molecule has 0 aromatic heterocycles. The van der Waals surface area contributed by atoms with Gasteiger partial charge in [0, 0.05) is 17.3 Å². The van der Waals surface area contributed by atoms with Gasteiger partial charge < -0.3 is 14.8 Å². The molecule has 0 unspecified atom stereocenters. The molecule has 0 aliphatic rings. The third-order valence-electron chi connectivity index (χ3n) is 4.36. The zero-order valence-electron chi connectivity index (χ0n) is 15.9. The van der Waals surface area contributed by atoms with Gasteiger partial charge in [-0.05, 0) is 47.5 Å². The molecule has 0 aliphatic heterocycles. The Morgan fingerprint density at radius 3 is 2.24 bits per heavy atom. The Hall–Kier alpha value is -3.84. The van der Waals surface area contributed by atoms with Gasteiger partial charge >= 0.3 is 0 Å². The van der Waals surface area contributed by atoms with Crippen LogP contribution in [0.2, 0.25) is 0 Å². The van der Waals surface area contributed by atoms with Crippen molar-refractivity contribution >= 4 is 17.5 Å². The summed E-state index contributed by atoms with van der Waals surface area (Å²) in [6.07, 6.45) is 0. The number of rotatable bonds is 6. The Balaban J connectivity index is 1.81. The number of anilines is 1. The van der Waals surface area contributed by atoms with E-state index in [0.29, 0.717) is 28.3 Å². The first kappa shape index (κ1) is 19.9. The molecular formula is C22H20N2O5. The van der Waals surface area contributed by atoms with Crippen LogP contribution in [0, 0.1) is 0 Å². The minimum atomic E-state index is -0.578. The molecule has 148 valence electrons. The summed E-state index contributed by atoms with van der Waals surface area (Å²) in [5, 5.41) is 11.6. The van der Waals surface area contributed by atoms with E-state index >= 15 is 0 Å². The van der Waals surface area contributed by atoms with E-state index in [1.54, 1.807) is 61.1 Å². The average Bonchev–Trinajstić information content (AvgIpc) is 2.78. The molecule has 0 atom stereocenters. The Labute approximate surface area is 167 Å². The van der Waals surface area contributed by atoms with Gasteiger partial charge in [0.15, 0.2) is 0 Å². The molecule has 0 bridgehead atoms. The maximum Gasteiger partial charge on any atom is 0.274 e. The van der Waals surface area contributed by atoms with E-state index in [1.165, 1.54) is 7.11 Å². The van der Waals surface area contributed by atoms with Crippen LogP contribution in [0.4, 0.5) is 5.69 Å². The molecular weight excluding hydrogens is 372 g/mol. The zero-order chi connectivity index (χ0) is 20.8. The van der Waals surface area contributed by atoms with Gasteiger partial charge in [0.25, 0.3) is 11.8 Å². The number of ether oxygens (including phenoxy) is 2. The fourth-order valence-electron chi connectivity index (χ4n) is 2.84. The molecule has 0 saturated heterocycles. The summed E-state index contributed by atoms with van der Waals surface area (Å²) < 4.78 is 10.4. The number of benzene rings is 3. The third-order valence-corrected chi connectivity index (χ3v) is 4.36. The van der Waals surface area contributed by atoms with Crippen LogP contribution >= 0.6 is 0 Å². The highest BCUT2D eigenvalue weighted by molar-refractivity contribution is 6.06. The maximum absolute atomic E-state index is 12.7. The second-order valence-corrected chi connectivity index (χ2v) is 6.12. The molecule has 7 heteroatoms. The van der Waals surface area contributed by atoms with E-state index in [1.807, 2.05) is 18.2 Å². The van der Waals surface area contributed by atoms with Crippen molar-refractivity contribution in [3.05, 3.63) is 77.9 Å². The summed E-state index contributed by atoms with van der Waals surface area (Å²) in [7, 11) is 3.04.